The van der Waals surface area contributed by atoms with E-state index in [1.54, 1.807) is 19.0 Å². The van der Waals surface area contributed by atoms with Gasteiger partial charge in [0.1, 0.15) is 12.4 Å². The van der Waals surface area contributed by atoms with Crippen molar-refractivity contribution in [1.82, 2.24) is 4.90 Å². The Kier molecular flexibility index (Phi) is 2.73. The normalized spacial score (nSPS) is 18.5. The first-order valence-electron chi connectivity index (χ1n) is 5.30. The Balaban J connectivity index is 2.20. The first kappa shape index (κ1) is 10.8. The molecule has 0 saturated carbocycles. The largest absolute Gasteiger partial charge is 0.492 e. The molecule has 1 aromatic rings. The molecule has 0 radical (unpaired) electrons. The summed E-state index contributed by atoms with van der Waals surface area (Å²) in [5.74, 6) is 0.856. The molecule has 0 fully saturated rings. The number of nitrogens with two attached hydrogens (primary N) is 1. The zero-order chi connectivity index (χ0) is 11.7. The predicted molar refractivity (Wildman–Crippen MR) is 62.2 cm³/mol. The number of hydrogen-bond donors (Lipinski definition) is 1. The Morgan fingerprint density at radius 3 is 2.94 bits per heavy atom. The molecule has 1 aromatic carbocycles. The lowest BCUT2D eigenvalue weighted by Gasteiger charge is -2.26. The van der Waals surface area contributed by atoms with E-state index in [-0.39, 0.29) is 11.8 Å². The molecule has 1 unspecified atom stereocenters. The fourth-order valence-corrected chi connectivity index (χ4v) is 1.94. The van der Waals surface area contributed by atoms with Gasteiger partial charge in [-0.15, -0.1) is 0 Å². The Hall–Kier alpha value is -1.71. The molecule has 16 heavy (non-hydrogen) atoms. The van der Waals surface area contributed by atoms with Gasteiger partial charge in [-0.3, -0.25) is 4.79 Å². The summed E-state index contributed by atoms with van der Waals surface area (Å²) in [6.07, 6.45) is 0.706. The van der Waals surface area contributed by atoms with E-state index < -0.39 is 0 Å². The third kappa shape index (κ3) is 1.96. The summed E-state index contributed by atoms with van der Waals surface area (Å²) < 4.78 is 5.56. The molecule has 1 atom stereocenters. The summed E-state index contributed by atoms with van der Waals surface area (Å²) in [4.78, 5) is 13.4. The number of hydrogen-bond acceptors (Lipinski definition) is 3. The van der Waals surface area contributed by atoms with Crippen molar-refractivity contribution in [3.05, 3.63) is 23.8 Å². The number of nitrogen functional groups attached to an aromatic ring is 1. The number of benzene rings is 1. The number of fused-ring (bicyclic) bond motifs is 1. The van der Waals surface area contributed by atoms with E-state index in [0.717, 1.165) is 11.3 Å². The van der Waals surface area contributed by atoms with Crippen LogP contribution in [0.5, 0.6) is 5.75 Å². The van der Waals surface area contributed by atoms with Crippen molar-refractivity contribution >= 4 is 11.6 Å². The zero-order valence-electron chi connectivity index (χ0n) is 9.56. The summed E-state index contributed by atoms with van der Waals surface area (Å²) in [5, 5.41) is 0. The molecule has 0 spiro atoms. The van der Waals surface area contributed by atoms with E-state index in [4.69, 9.17) is 10.5 Å². The van der Waals surface area contributed by atoms with E-state index >= 15 is 0 Å². The molecule has 86 valence electrons. The SMILES string of the molecule is CN(C)C(=O)C1COc2ccc(N)cc2C1. The third-order valence-electron chi connectivity index (χ3n) is 2.78. The molecule has 0 saturated heterocycles. The minimum atomic E-state index is -0.0932. The van der Waals surface area contributed by atoms with E-state index in [1.165, 1.54) is 0 Å². The van der Waals surface area contributed by atoms with Gasteiger partial charge in [-0.2, -0.15) is 0 Å². The highest BCUT2D eigenvalue weighted by atomic mass is 16.5. The van der Waals surface area contributed by atoms with Crippen LogP contribution in [-0.4, -0.2) is 31.5 Å². The van der Waals surface area contributed by atoms with Crippen LogP contribution in [0.1, 0.15) is 5.56 Å². The Morgan fingerprint density at radius 1 is 1.50 bits per heavy atom. The van der Waals surface area contributed by atoms with Crippen LogP contribution in [0.15, 0.2) is 18.2 Å². The lowest BCUT2D eigenvalue weighted by molar-refractivity contribution is -0.134. The topological polar surface area (TPSA) is 55.6 Å². The summed E-state index contributed by atoms with van der Waals surface area (Å²) in [7, 11) is 3.52. The fourth-order valence-electron chi connectivity index (χ4n) is 1.94. The lowest BCUT2D eigenvalue weighted by Crippen LogP contribution is -2.36. The molecule has 4 nitrogen and oxygen atoms in total. The summed E-state index contributed by atoms with van der Waals surface area (Å²) in [6, 6.07) is 5.55. The van der Waals surface area contributed by atoms with Crippen molar-refractivity contribution in [1.29, 1.82) is 0 Å². The number of rotatable bonds is 1. The smallest absolute Gasteiger partial charge is 0.228 e. The Bertz CT molecular complexity index is 415. The molecule has 2 rings (SSSR count). The maximum absolute atomic E-state index is 11.8. The predicted octanol–water partition coefficient (Wildman–Crippen LogP) is 0.908. The second kappa shape index (κ2) is 4.04. The summed E-state index contributed by atoms with van der Waals surface area (Å²) >= 11 is 0. The second-order valence-corrected chi connectivity index (χ2v) is 4.31. The molecule has 1 aliphatic heterocycles. The minimum Gasteiger partial charge on any atom is -0.492 e. The number of nitrogens with zero attached hydrogens (tertiary/aromatic N) is 1. The summed E-state index contributed by atoms with van der Waals surface area (Å²) in [5.41, 5.74) is 7.44. The van der Waals surface area contributed by atoms with Gasteiger partial charge in [-0.1, -0.05) is 0 Å². The van der Waals surface area contributed by atoms with Crippen LogP contribution in [0.25, 0.3) is 0 Å². The molecule has 1 heterocycles. The highest BCUT2D eigenvalue weighted by Gasteiger charge is 2.26. The number of anilines is 1. The van der Waals surface area contributed by atoms with Crippen molar-refractivity contribution in [3.63, 3.8) is 0 Å². The quantitative estimate of drug-likeness (QED) is 0.716. The van der Waals surface area contributed by atoms with Crippen molar-refractivity contribution in [2.75, 3.05) is 26.4 Å². The van der Waals surface area contributed by atoms with Crippen LogP contribution >= 0.6 is 0 Å². The van der Waals surface area contributed by atoms with Gasteiger partial charge in [-0.25, -0.2) is 0 Å². The molecule has 4 heteroatoms. The average molecular weight is 220 g/mol. The van der Waals surface area contributed by atoms with Gasteiger partial charge < -0.3 is 15.4 Å². The molecule has 0 aromatic heterocycles. The van der Waals surface area contributed by atoms with Crippen LogP contribution in [0.4, 0.5) is 5.69 Å². The van der Waals surface area contributed by atoms with E-state index in [1.807, 2.05) is 18.2 Å². The molecule has 1 amide bonds. The van der Waals surface area contributed by atoms with E-state index in [9.17, 15) is 4.79 Å². The maximum Gasteiger partial charge on any atom is 0.228 e. The van der Waals surface area contributed by atoms with Gasteiger partial charge in [0.15, 0.2) is 0 Å². The van der Waals surface area contributed by atoms with Crippen molar-refractivity contribution in [2.45, 2.75) is 6.42 Å². The van der Waals surface area contributed by atoms with Gasteiger partial charge >= 0.3 is 0 Å². The van der Waals surface area contributed by atoms with Crippen LogP contribution < -0.4 is 10.5 Å². The second-order valence-electron chi connectivity index (χ2n) is 4.31. The van der Waals surface area contributed by atoms with Crippen LogP contribution in [0, 0.1) is 5.92 Å². The van der Waals surface area contributed by atoms with Crippen LogP contribution in [-0.2, 0) is 11.2 Å². The molecule has 0 aliphatic carbocycles. The van der Waals surface area contributed by atoms with Crippen LogP contribution in [0.2, 0.25) is 0 Å². The molecular formula is C12H16N2O2. The number of carbonyl (C=O) groups is 1. The highest BCUT2D eigenvalue weighted by Crippen LogP contribution is 2.29. The summed E-state index contributed by atoms with van der Waals surface area (Å²) in [6.45, 7) is 0.452. The van der Waals surface area contributed by atoms with E-state index in [0.29, 0.717) is 18.7 Å². The van der Waals surface area contributed by atoms with Crippen molar-refractivity contribution < 1.29 is 9.53 Å². The van der Waals surface area contributed by atoms with Crippen LogP contribution in [0.3, 0.4) is 0 Å². The van der Waals surface area contributed by atoms with Gasteiger partial charge in [0.2, 0.25) is 5.91 Å². The minimum absolute atomic E-state index is 0.0932. The first-order chi connectivity index (χ1) is 7.58. The standard InChI is InChI=1S/C12H16N2O2/c1-14(2)12(15)9-5-8-6-10(13)3-4-11(8)16-7-9/h3-4,6,9H,5,7,13H2,1-2H3. The molecule has 0 bridgehead atoms. The highest BCUT2D eigenvalue weighted by molar-refractivity contribution is 5.79. The van der Waals surface area contributed by atoms with Gasteiger partial charge in [0.25, 0.3) is 0 Å². The van der Waals surface area contributed by atoms with Gasteiger partial charge in [0.05, 0.1) is 5.92 Å². The number of carbonyl (C=O) groups excluding carboxylic acids is 1. The van der Waals surface area contributed by atoms with E-state index in [2.05, 4.69) is 0 Å². The first-order valence-corrected chi connectivity index (χ1v) is 5.30. The number of ether oxygens (including phenoxy) is 1. The monoisotopic (exact) mass is 220 g/mol. The molecule has 2 N–H and O–H groups in total. The Morgan fingerprint density at radius 2 is 2.25 bits per heavy atom. The Labute approximate surface area is 95.0 Å². The molecule has 1 aliphatic rings. The van der Waals surface area contributed by atoms with Crippen molar-refractivity contribution in [3.8, 4) is 5.75 Å². The third-order valence-corrected chi connectivity index (χ3v) is 2.78. The zero-order valence-corrected chi connectivity index (χ0v) is 9.56. The lowest BCUT2D eigenvalue weighted by atomic mass is 9.95. The molecular weight excluding hydrogens is 204 g/mol. The number of amides is 1. The van der Waals surface area contributed by atoms with Gasteiger partial charge in [0, 0.05) is 19.8 Å². The maximum atomic E-state index is 11.8. The van der Waals surface area contributed by atoms with Crippen molar-refractivity contribution in [2.24, 2.45) is 5.92 Å². The van der Waals surface area contributed by atoms with Gasteiger partial charge in [-0.05, 0) is 30.2 Å². The fraction of sp³-hybridized carbons (Fsp3) is 0.417. The average Bonchev–Trinajstić information content (AvgIpc) is 2.26.